The average molecular weight is 463 g/mol. The minimum atomic E-state index is -1.20. The van der Waals surface area contributed by atoms with Gasteiger partial charge >= 0.3 is 5.97 Å². The van der Waals surface area contributed by atoms with Gasteiger partial charge in [0.1, 0.15) is 18.1 Å². The number of thioether (sulfide) groups is 1. The summed E-state index contributed by atoms with van der Waals surface area (Å²) in [6.45, 7) is 1.82. The van der Waals surface area contributed by atoms with E-state index in [1.165, 1.54) is 18.7 Å². The molecule has 4 amide bonds. The maximum atomic E-state index is 12.6. The first-order valence-corrected chi connectivity index (χ1v) is 11.3. The van der Waals surface area contributed by atoms with E-state index >= 15 is 0 Å². The summed E-state index contributed by atoms with van der Waals surface area (Å²) in [4.78, 5) is 59.3. The maximum Gasteiger partial charge on any atom is 0.326 e. The first kappa shape index (κ1) is 28.6. The van der Waals surface area contributed by atoms with Crippen molar-refractivity contribution < 1.29 is 29.1 Å². The van der Waals surface area contributed by atoms with Crippen molar-refractivity contribution in [2.24, 2.45) is 17.2 Å². The number of nitrogens with one attached hydrogen (secondary N) is 3. The second-order valence-corrected chi connectivity index (χ2v) is 8.02. The van der Waals surface area contributed by atoms with Gasteiger partial charge in [-0.1, -0.05) is 0 Å². The monoisotopic (exact) mass is 462 g/mol. The number of carbonyl (C=O) groups excluding carboxylic acids is 4. The molecule has 0 spiro atoms. The Kier molecular flexibility index (Phi) is 14.2. The third kappa shape index (κ3) is 12.2. The van der Waals surface area contributed by atoms with Crippen LogP contribution in [0.3, 0.4) is 0 Å². The van der Waals surface area contributed by atoms with Crippen LogP contribution < -0.4 is 33.2 Å². The SMILES string of the molecule is CSCCC(NC(=O)C(N)CC(N)=O)C(=O)NC(C)C(=O)NC(CCCCN)C(=O)O. The summed E-state index contributed by atoms with van der Waals surface area (Å²) in [6, 6.07) is -4.34. The van der Waals surface area contributed by atoms with Crippen molar-refractivity contribution in [3.63, 3.8) is 0 Å². The van der Waals surface area contributed by atoms with Crippen LogP contribution in [-0.4, -0.2) is 77.4 Å². The number of carboxylic acids is 1. The Labute approximate surface area is 185 Å². The van der Waals surface area contributed by atoms with Crippen LogP contribution in [-0.2, 0) is 24.0 Å². The van der Waals surface area contributed by atoms with Gasteiger partial charge in [-0.2, -0.15) is 11.8 Å². The van der Waals surface area contributed by atoms with E-state index in [0.717, 1.165) is 0 Å². The Bertz CT molecular complexity index is 635. The van der Waals surface area contributed by atoms with Gasteiger partial charge in [-0.15, -0.1) is 0 Å². The number of carboxylic acid groups (broad SMARTS) is 1. The molecule has 178 valence electrons. The zero-order chi connectivity index (χ0) is 24.0. The third-order valence-corrected chi connectivity index (χ3v) is 4.96. The molecule has 0 heterocycles. The van der Waals surface area contributed by atoms with Crippen molar-refractivity contribution >= 4 is 41.4 Å². The summed E-state index contributed by atoms with van der Waals surface area (Å²) >= 11 is 1.45. The predicted octanol–water partition coefficient (Wildman–Crippen LogP) is -2.37. The summed E-state index contributed by atoms with van der Waals surface area (Å²) in [5.41, 5.74) is 16.0. The lowest BCUT2D eigenvalue weighted by atomic mass is 10.1. The number of carbonyl (C=O) groups is 5. The highest BCUT2D eigenvalue weighted by molar-refractivity contribution is 7.98. The van der Waals surface area contributed by atoms with Crippen molar-refractivity contribution in [3.8, 4) is 0 Å². The van der Waals surface area contributed by atoms with Crippen LogP contribution in [0.4, 0.5) is 0 Å². The van der Waals surface area contributed by atoms with E-state index in [0.29, 0.717) is 25.1 Å². The van der Waals surface area contributed by atoms with Gasteiger partial charge in [-0.3, -0.25) is 19.2 Å². The number of aliphatic carboxylic acids is 1. The highest BCUT2D eigenvalue weighted by Gasteiger charge is 2.28. The van der Waals surface area contributed by atoms with E-state index in [1.54, 1.807) is 0 Å². The van der Waals surface area contributed by atoms with Crippen LogP contribution in [0.2, 0.25) is 0 Å². The molecule has 31 heavy (non-hydrogen) atoms. The molecule has 0 bridgehead atoms. The van der Waals surface area contributed by atoms with Gasteiger partial charge in [-0.25, -0.2) is 4.79 Å². The molecule has 0 aliphatic heterocycles. The predicted molar refractivity (Wildman–Crippen MR) is 117 cm³/mol. The van der Waals surface area contributed by atoms with Crippen molar-refractivity contribution in [1.82, 2.24) is 16.0 Å². The molecule has 0 aromatic rings. The van der Waals surface area contributed by atoms with Crippen molar-refractivity contribution in [2.75, 3.05) is 18.6 Å². The summed E-state index contributed by atoms with van der Waals surface area (Å²) < 4.78 is 0. The van der Waals surface area contributed by atoms with Crippen LogP contribution in [0.25, 0.3) is 0 Å². The molecular formula is C18H34N6O6S. The lowest BCUT2D eigenvalue weighted by molar-refractivity contribution is -0.142. The quantitative estimate of drug-likeness (QED) is 0.122. The molecular weight excluding hydrogens is 428 g/mol. The number of nitrogens with two attached hydrogens (primary N) is 3. The zero-order valence-corrected chi connectivity index (χ0v) is 18.7. The Morgan fingerprint density at radius 2 is 1.55 bits per heavy atom. The normalized spacial score (nSPS) is 14.6. The van der Waals surface area contributed by atoms with Gasteiger partial charge in [0.05, 0.1) is 12.5 Å². The Morgan fingerprint density at radius 3 is 2.06 bits per heavy atom. The summed E-state index contributed by atoms with van der Waals surface area (Å²) in [5, 5.41) is 16.6. The van der Waals surface area contributed by atoms with Crippen LogP contribution in [0, 0.1) is 0 Å². The fraction of sp³-hybridized carbons (Fsp3) is 0.722. The Balaban J connectivity index is 4.97. The number of unbranched alkanes of at least 4 members (excludes halogenated alkanes) is 1. The average Bonchev–Trinajstić information content (AvgIpc) is 2.69. The molecule has 0 aliphatic rings. The number of hydrogen-bond acceptors (Lipinski definition) is 8. The minimum Gasteiger partial charge on any atom is -0.480 e. The fourth-order valence-corrected chi connectivity index (χ4v) is 2.99. The molecule has 0 saturated carbocycles. The van der Waals surface area contributed by atoms with Crippen LogP contribution >= 0.6 is 11.8 Å². The molecule has 10 N–H and O–H groups in total. The van der Waals surface area contributed by atoms with Gasteiger partial charge < -0.3 is 38.3 Å². The second-order valence-electron chi connectivity index (χ2n) is 7.03. The molecule has 0 saturated heterocycles. The van der Waals surface area contributed by atoms with Crippen LogP contribution in [0.15, 0.2) is 0 Å². The largest absolute Gasteiger partial charge is 0.480 e. The molecule has 0 aromatic carbocycles. The van der Waals surface area contributed by atoms with E-state index in [4.69, 9.17) is 17.2 Å². The number of hydrogen-bond donors (Lipinski definition) is 7. The number of amides is 4. The van der Waals surface area contributed by atoms with Crippen LogP contribution in [0.1, 0.15) is 39.0 Å². The standard InChI is InChI=1S/C18H34N6O6S/c1-10(15(26)24-13(18(29)30)5-3-4-7-19)22-17(28)12(6-8-31-2)23-16(27)11(20)9-14(21)25/h10-13H,3-9,19-20H2,1-2H3,(H2,21,25)(H,22,28)(H,23,27)(H,24,26)(H,29,30). The molecule has 4 unspecified atom stereocenters. The molecule has 0 fully saturated rings. The summed E-state index contributed by atoms with van der Waals surface area (Å²) in [6.07, 6.45) is 3.07. The van der Waals surface area contributed by atoms with Crippen molar-refractivity contribution in [1.29, 1.82) is 0 Å². The van der Waals surface area contributed by atoms with E-state index in [1.807, 2.05) is 6.26 Å². The third-order valence-electron chi connectivity index (χ3n) is 4.32. The van der Waals surface area contributed by atoms with Gasteiger partial charge in [0, 0.05) is 0 Å². The lowest BCUT2D eigenvalue weighted by Crippen LogP contribution is -2.56. The Hall–Kier alpha value is -2.38. The maximum absolute atomic E-state index is 12.6. The molecule has 0 radical (unpaired) electrons. The first-order valence-electron chi connectivity index (χ1n) is 9.90. The Morgan fingerprint density at radius 1 is 0.935 bits per heavy atom. The van der Waals surface area contributed by atoms with Crippen molar-refractivity contribution in [3.05, 3.63) is 0 Å². The highest BCUT2D eigenvalue weighted by Crippen LogP contribution is 2.04. The zero-order valence-electron chi connectivity index (χ0n) is 17.9. The van der Waals surface area contributed by atoms with E-state index in [9.17, 15) is 29.1 Å². The minimum absolute atomic E-state index is 0.211. The van der Waals surface area contributed by atoms with Gasteiger partial charge in [0.2, 0.25) is 23.6 Å². The molecule has 12 nitrogen and oxygen atoms in total. The first-order chi connectivity index (χ1) is 14.5. The lowest BCUT2D eigenvalue weighted by Gasteiger charge is -2.23. The molecule has 0 rings (SSSR count). The summed E-state index contributed by atoms with van der Waals surface area (Å²) in [7, 11) is 0. The number of rotatable bonds is 16. The van der Waals surface area contributed by atoms with Crippen molar-refractivity contribution in [2.45, 2.75) is 63.2 Å². The van der Waals surface area contributed by atoms with E-state index in [2.05, 4.69) is 16.0 Å². The molecule has 0 aliphatic carbocycles. The molecule has 0 aromatic heterocycles. The summed E-state index contributed by atoms with van der Waals surface area (Å²) in [5.74, 6) is -3.43. The van der Waals surface area contributed by atoms with Gasteiger partial charge in [0.15, 0.2) is 0 Å². The van der Waals surface area contributed by atoms with E-state index < -0.39 is 53.8 Å². The second kappa shape index (κ2) is 15.4. The topological polar surface area (TPSA) is 220 Å². The van der Waals surface area contributed by atoms with Gasteiger partial charge in [-0.05, 0) is 51.2 Å². The fourth-order valence-electron chi connectivity index (χ4n) is 2.52. The molecule has 13 heteroatoms. The van der Waals surface area contributed by atoms with E-state index in [-0.39, 0.29) is 19.3 Å². The molecule has 4 atom stereocenters. The highest BCUT2D eigenvalue weighted by atomic mass is 32.2. The van der Waals surface area contributed by atoms with Gasteiger partial charge in [0.25, 0.3) is 0 Å². The van der Waals surface area contributed by atoms with Crippen LogP contribution in [0.5, 0.6) is 0 Å². The number of primary amides is 1. The smallest absolute Gasteiger partial charge is 0.326 e.